The van der Waals surface area contributed by atoms with Crippen LogP contribution in [-0.2, 0) is 6.54 Å². The van der Waals surface area contributed by atoms with Gasteiger partial charge in [-0.05, 0) is 30.5 Å². The molecule has 108 valence electrons. The van der Waals surface area contributed by atoms with Crippen molar-refractivity contribution in [2.24, 2.45) is 10.9 Å². The molecule has 1 aliphatic heterocycles. The van der Waals surface area contributed by atoms with Gasteiger partial charge in [0.1, 0.15) is 5.69 Å². The molecule has 2 aliphatic rings. The third-order valence-electron chi connectivity index (χ3n) is 4.07. The van der Waals surface area contributed by atoms with E-state index in [1.165, 1.54) is 25.9 Å². The molecule has 2 heterocycles. The van der Waals surface area contributed by atoms with E-state index < -0.39 is 0 Å². The predicted molar refractivity (Wildman–Crippen MR) is 76.6 cm³/mol. The molecule has 6 nitrogen and oxygen atoms in total. The quantitative estimate of drug-likeness (QED) is 0.361. The second kappa shape index (κ2) is 5.76. The Morgan fingerprint density at radius 2 is 2.10 bits per heavy atom. The van der Waals surface area contributed by atoms with Gasteiger partial charge in [-0.25, -0.2) is 0 Å². The van der Waals surface area contributed by atoms with Gasteiger partial charge in [-0.2, -0.15) is 0 Å². The third-order valence-corrected chi connectivity index (χ3v) is 4.07. The average Bonchev–Trinajstić information content (AvgIpc) is 3.32. The first kappa shape index (κ1) is 13.3. The number of hydrogen-bond acceptors (Lipinski definition) is 5. The summed E-state index contributed by atoms with van der Waals surface area (Å²) in [5, 5.41) is 11.7. The van der Waals surface area contributed by atoms with Crippen LogP contribution in [0.4, 0.5) is 0 Å². The summed E-state index contributed by atoms with van der Waals surface area (Å²) in [4.78, 5) is 9.15. The van der Waals surface area contributed by atoms with Crippen molar-refractivity contribution in [2.45, 2.75) is 25.4 Å². The van der Waals surface area contributed by atoms with E-state index in [4.69, 9.17) is 10.9 Å². The first-order chi connectivity index (χ1) is 9.76. The largest absolute Gasteiger partial charge is 0.409 e. The van der Waals surface area contributed by atoms with Gasteiger partial charge in [0.05, 0.1) is 0 Å². The molecule has 0 aromatic carbocycles. The fourth-order valence-corrected chi connectivity index (χ4v) is 2.75. The summed E-state index contributed by atoms with van der Waals surface area (Å²) in [6.45, 7) is 5.45. The minimum absolute atomic E-state index is 0.0606. The first-order valence-electron chi connectivity index (χ1n) is 7.15. The van der Waals surface area contributed by atoms with E-state index in [0.29, 0.717) is 5.69 Å². The summed E-state index contributed by atoms with van der Waals surface area (Å²) in [5.74, 6) is 0.0606. The van der Waals surface area contributed by atoms with Crippen LogP contribution in [0.25, 0.3) is 0 Å². The minimum atomic E-state index is 0.0606. The van der Waals surface area contributed by atoms with Crippen molar-refractivity contribution in [1.29, 1.82) is 0 Å². The van der Waals surface area contributed by atoms with Crippen molar-refractivity contribution in [1.82, 2.24) is 14.8 Å². The van der Waals surface area contributed by atoms with Gasteiger partial charge in [0.15, 0.2) is 5.84 Å². The summed E-state index contributed by atoms with van der Waals surface area (Å²) >= 11 is 0. The summed E-state index contributed by atoms with van der Waals surface area (Å²) in [7, 11) is 0. The number of nitrogens with zero attached hydrogens (tertiary/aromatic N) is 4. The van der Waals surface area contributed by atoms with Crippen LogP contribution in [0.15, 0.2) is 23.5 Å². The molecule has 3 N–H and O–H groups in total. The molecule has 0 radical (unpaired) electrons. The molecule has 1 aliphatic carbocycles. The van der Waals surface area contributed by atoms with Gasteiger partial charge >= 0.3 is 0 Å². The molecule has 0 unspecified atom stereocenters. The Balaban J connectivity index is 1.58. The Hall–Kier alpha value is -1.66. The lowest BCUT2D eigenvalue weighted by molar-refractivity contribution is 0.121. The molecular formula is C14H21N5O. The second-order valence-corrected chi connectivity index (χ2v) is 5.58. The van der Waals surface area contributed by atoms with Crippen LogP contribution in [0.1, 0.15) is 24.1 Å². The zero-order valence-electron chi connectivity index (χ0n) is 11.6. The molecule has 6 heteroatoms. The lowest BCUT2D eigenvalue weighted by Crippen LogP contribution is -2.46. The monoisotopic (exact) mass is 275 g/mol. The molecule has 0 atom stereocenters. The SMILES string of the molecule is NC(=NO)c1cc(CN2CCN(C3CC3)CC2)ccn1. The highest BCUT2D eigenvalue weighted by Gasteiger charge is 2.31. The molecule has 1 saturated heterocycles. The predicted octanol–water partition coefficient (Wildman–Crippen LogP) is 0.456. The van der Waals surface area contributed by atoms with Crippen molar-refractivity contribution >= 4 is 5.84 Å². The number of pyridine rings is 1. The highest BCUT2D eigenvalue weighted by molar-refractivity contribution is 5.95. The third kappa shape index (κ3) is 3.08. The zero-order valence-corrected chi connectivity index (χ0v) is 11.6. The Kier molecular flexibility index (Phi) is 3.84. The van der Waals surface area contributed by atoms with E-state index in [1.807, 2.05) is 12.1 Å². The van der Waals surface area contributed by atoms with E-state index in [0.717, 1.165) is 31.2 Å². The van der Waals surface area contributed by atoms with E-state index in [2.05, 4.69) is 19.9 Å². The van der Waals surface area contributed by atoms with Crippen LogP contribution in [0, 0.1) is 0 Å². The number of nitrogens with two attached hydrogens (primary N) is 1. The van der Waals surface area contributed by atoms with Crippen LogP contribution in [-0.4, -0.2) is 58.0 Å². The lowest BCUT2D eigenvalue weighted by atomic mass is 10.2. The number of hydrogen-bond donors (Lipinski definition) is 2. The lowest BCUT2D eigenvalue weighted by Gasteiger charge is -2.34. The Morgan fingerprint density at radius 3 is 2.75 bits per heavy atom. The van der Waals surface area contributed by atoms with E-state index in [-0.39, 0.29) is 5.84 Å². The fourth-order valence-electron chi connectivity index (χ4n) is 2.75. The molecule has 1 aromatic heterocycles. The molecule has 2 fully saturated rings. The first-order valence-corrected chi connectivity index (χ1v) is 7.15. The van der Waals surface area contributed by atoms with Gasteiger partial charge in [0, 0.05) is 45.0 Å². The highest BCUT2D eigenvalue weighted by Crippen LogP contribution is 2.27. The zero-order chi connectivity index (χ0) is 13.9. The topological polar surface area (TPSA) is 78.0 Å². The molecule has 0 spiro atoms. The average molecular weight is 275 g/mol. The molecule has 1 saturated carbocycles. The Bertz CT molecular complexity index is 492. The maximum atomic E-state index is 8.69. The molecule has 1 aromatic rings. The molecular weight excluding hydrogens is 254 g/mol. The maximum absolute atomic E-state index is 8.69. The molecule has 0 bridgehead atoms. The number of aromatic nitrogens is 1. The normalized spacial score (nSPS) is 22.1. The highest BCUT2D eigenvalue weighted by atomic mass is 16.4. The number of piperazine rings is 1. The van der Waals surface area contributed by atoms with E-state index in [9.17, 15) is 0 Å². The molecule has 20 heavy (non-hydrogen) atoms. The van der Waals surface area contributed by atoms with Crippen molar-refractivity contribution < 1.29 is 5.21 Å². The second-order valence-electron chi connectivity index (χ2n) is 5.58. The van der Waals surface area contributed by atoms with Crippen LogP contribution < -0.4 is 5.73 Å². The van der Waals surface area contributed by atoms with Gasteiger partial charge in [0.25, 0.3) is 0 Å². The maximum Gasteiger partial charge on any atom is 0.188 e. The van der Waals surface area contributed by atoms with Crippen molar-refractivity contribution in [2.75, 3.05) is 26.2 Å². The summed E-state index contributed by atoms with van der Waals surface area (Å²) in [5.41, 5.74) is 7.26. The van der Waals surface area contributed by atoms with E-state index in [1.54, 1.807) is 6.20 Å². The van der Waals surface area contributed by atoms with Gasteiger partial charge < -0.3 is 10.9 Å². The molecule has 0 amide bonds. The Labute approximate surface area is 118 Å². The van der Waals surface area contributed by atoms with Crippen LogP contribution in [0.2, 0.25) is 0 Å². The van der Waals surface area contributed by atoms with Crippen molar-refractivity contribution in [3.8, 4) is 0 Å². The van der Waals surface area contributed by atoms with Gasteiger partial charge in [-0.15, -0.1) is 0 Å². The summed E-state index contributed by atoms with van der Waals surface area (Å²) in [6, 6.07) is 4.74. The summed E-state index contributed by atoms with van der Waals surface area (Å²) in [6.07, 6.45) is 4.48. The number of oxime groups is 1. The van der Waals surface area contributed by atoms with E-state index >= 15 is 0 Å². The smallest absolute Gasteiger partial charge is 0.188 e. The van der Waals surface area contributed by atoms with Crippen molar-refractivity contribution in [3.63, 3.8) is 0 Å². The standard InChI is InChI=1S/C14H21N5O/c15-14(17-20)13-9-11(3-4-16-13)10-18-5-7-19(8-6-18)12-1-2-12/h3-4,9,12,20H,1-2,5-8,10H2,(H2,15,17). The van der Waals surface area contributed by atoms with Gasteiger partial charge in [-0.1, -0.05) is 5.16 Å². The van der Waals surface area contributed by atoms with Crippen LogP contribution in [0.5, 0.6) is 0 Å². The summed E-state index contributed by atoms with van der Waals surface area (Å²) < 4.78 is 0. The van der Waals surface area contributed by atoms with Crippen LogP contribution in [0.3, 0.4) is 0 Å². The van der Waals surface area contributed by atoms with Gasteiger partial charge in [-0.3, -0.25) is 14.8 Å². The van der Waals surface area contributed by atoms with Crippen LogP contribution >= 0.6 is 0 Å². The fraction of sp³-hybridized carbons (Fsp3) is 0.571. The molecule has 3 rings (SSSR count). The Morgan fingerprint density at radius 1 is 1.35 bits per heavy atom. The number of amidine groups is 1. The van der Waals surface area contributed by atoms with Gasteiger partial charge in [0.2, 0.25) is 0 Å². The minimum Gasteiger partial charge on any atom is -0.409 e. The number of rotatable bonds is 4. The van der Waals surface area contributed by atoms with Crippen molar-refractivity contribution in [3.05, 3.63) is 29.6 Å².